The molecule has 1 heterocycles. The van der Waals surface area contributed by atoms with E-state index in [1.807, 2.05) is 23.1 Å². The minimum Gasteiger partial charge on any atom is -0.341 e. The summed E-state index contributed by atoms with van der Waals surface area (Å²) < 4.78 is 0. The summed E-state index contributed by atoms with van der Waals surface area (Å²) in [5.41, 5.74) is 7.05. The number of nitrogens with zero attached hydrogens (tertiary/aromatic N) is 1. The second-order valence-corrected chi connectivity index (χ2v) is 5.74. The molecule has 0 aromatic heterocycles. The zero-order valence-corrected chi connectivity index (χ0v) is 11.9. The molecule has 19 heavy (non-hydrogen) atoms. The molecule has 104 valence electrons. The van der Waals surface area contributed by atoms with Crippen molar-refractivity contribution in [2.24, 2.45) is 11.1 Å². The summed E-state index contributed by atoms with van der Waals surface area (Å²) in [6.45, 7) is 1.59. The monoisotopic (exact) mass is 280 g/mol. The van der Waals surface area contributed by atoms with Gasteiger partial charge in [0.25, 0.3) is 0 Å². The van der Waals surface area contributed by atoms with Crippen molar-refractivity contribution in [3.05, 3.63) is 35.9 Å². The Labute approximate surface area is 120 Å². The van der Waals surface area contributed by atoms with E-state index < -0.39 is 0 Å². The third-order valence-electron chi connectivity index (χ3n) is 4.20. The molecule has 0 bridgehead atoms. The SMILES string of the molecule is Cl.N[C@@H]1CCN(C(=O)C2(Cc3ccccc3)CC2)C1. The van der Waals surface area contributed by atoms with Crippen LogP contribution in [-0.2, 0) is 11.2 Å². The highest BCUT2D eigenvalue weighted by molar-refractivity contribution is 5.86. The molecular formula is C15H21ClN2O. The van der Waals surface area contributed by atoms with Crippen LogP contribution in [0.2, 0.25) is 0 Å². The predicted octanol–water partition coefficient (Wildman–Crippen LogP) is 1.99. The molecule has 3 rings (SSSR count). The van der Waals surface area contributed by atoms with Gasteiger partial charge in [-0.25, -0.2) is 0 Å². The largest absolute Gasteiger partial charge is 0.341 e. The van der Waals surface area contributed by atoms with E-state index in [1.165, 1.54) is 5.56 Å². The topological polar surface area (TPSA) is 46.3 Å². The van der Waals surface area contributed by atoms with E-state index in [4.69, 9.17) is 5.73 Å². The van der Waals surface area contributed by atoms with E-state index in [0.29, 0.717) is 5.91 Å². The predicted molar refractivity (Wildman–Crippen MR) is 78.2 cm³/mol. The number of carbonyl (C=O) groups is 1. The van der Waals surface area contributed by atoms with Crippen LogP contribution in [0, 0.1) is 5.41 Å². The lowest BCUT2D eigenvalue weighted by Gasteiger charge is -2.23. The molecule has 1 aliphatic carbocycles. The smallest absolute Gasteiger partial charge is 0.229 e. The summed E-state index contributed by atoms with van der Waals surface area (Å²) in [6, 6.07) is 10.5. The van der Waals surface area contributed by atoms with Crippen molar-refractivity contribution in [3.63, 3.8) is 0 Å². The van der Waals surface area contributed by atoms with Gasteiger partial charge in [-0.3, -0.25) is 4.79 Å². The lowest BCUT2D eigenvalue weighted by atomic mass is 9.95. The molecule has 1 amide bonds. The molecule has 0 radical (unpaired) electrons. The van der Waals surface area contributed by atoms with Gasteiger partial charge >= 0.3 is 0 Å². The molecule has 2 aliphatic rings. The number of likely N-dealkylation sites (tertiary alicyclic amines) is 1. The van der Waals surface area contributed by atoms with Gasteiger partial charge in [-0.15, -0.1) is 12.4 Å². The Hall–Kier alpha value is -1.06. The summed E-state index contributed by atoms with van der Waals surface area (Å²) in [6.07, 6.45) is 3.91. The van der Waals surface area contributed by atoms with E-state index in [-0.39, 0.29) is 23.9 Å². The van der Waals surface area contributed by atoms with Crippen molar-refractivity contribution >= 4 is 18.3 Å². The number of amides is 1. The maximum absolute atomic E-state index is 12.5. The molecule has 2 N–H and O–H groups in total. The minimum absolute atomic E-state index is 0. The Morgan fingerprint density at radius 3 is 2.53 bits per heavy atom. The second-order valence-electron chi connectivity index (χ2n) is 5.74. The van der Waals surface area contributed by atoms with Gasteiger partial charge in [0.2, 0.25) is 5.91 Å². The Bertz CT molecular complexity index is 445. The Balaban J connectivity index is 0.00000133. The molecule has 0 unspecified atom stereocenters. The van der Waals surface area contributed by atoms with Gasteiger partial charge < -0.3 is 10.6 Å². The van der Waals surface area contributed by atoms with E-state index in [1.54, 1.807) is 0 Å². The molecule has 3 nitrogen and oxygen atoms in total. The van der Waals surface area contributed by atoms with Crippen molar-refractivity contribution in [1.29, 1.82) is 0 Å². The molecule has 1 saturated heterocycles. The zero-order chi connectivity index (χ0) is 12.6. The van der Waals surface area contributed by atoms with Crippen molar-refractivity contribution < 1.29 is 4.79 Å². The van der Waals surface area contributed by atoms with Crippen LogP contribution >= 0.6 is 12.4 Å². The number of rotatable bonds is 3. The fraction of sp³-hybridized carbons (Fsp3) is 0.533. The highest BCUT2D eigenvalue weighted by Crippen LogP contribution is 2.50. The molecule has 4 heteroatoms. The van der Waals surface area contributed by atoms with E-state index in [9.17, 15) is 4.79 Å². The standard InChI is InChI=1S/C15H20N2O.ClH/c16-13-6-9-17(11-13)14(18)15(7-8-15)10-12-4-2-1-3-5-12;/h1-5,13H,6-11,16H2;1H/t13-;/m1./s1. The summed E-state index contributed by atoms with van der Waals surface area (Å²) in [4.78, 5) is 14.5. The third-order valence-corrected chi connectivity index (χ3v) is 4.20. The summed E-state index contributed by atoms with van der Waals surface area (Å²) in [7, 11) is 0. The number of hydrogen-bond donors (Lipinski definition) is 1. The molecule has 1 saturated carbocycles. The fourth-order valence-corrected chi connectivity index (χ4v) is 2.91. The van der Waals surface area contributed by atoms with Crippen molar-refractivity contribution in [2.45, 2.75) is 31.7 Å². The van der Waals surface area contributed by atoms with Gasteiger partial charge in [-0.05, 0) is 31.2 Å². The molecule has 1 atom stereocenters. The number of halogens is 1. The highest BCUT2D eigenvalue weighted by atomic mass is 35.5. The van der Waals surface area contributed by atoms with Crippen molar-refractivity contribution in [3.8, 4) is 0 Å². The highest BCUT2D eigenvalue weighted by Gasteiger charge is 2.51. The molecule has 1 aromatic rings. The van der Waals surface area contributed by atoms with Crippen LogP contribution in [0.3, 0.4) is 0 Å². The first-order valence-electron chi connectivity index (χ1n) is 6.78. The zero-order valence-electron chi connectivity index (χ0n) is 11.0. The third kappa shape index (κ3) is 2.93. The van der Waals surface area contributed by atoms with E-state index >= 15 is 0 Å². The van der Waals surface area contributed by atoms with Crippen molar-refractivity contribution in [1.82, 2.24) is 4.90 Å². The first-order chi connectivity index (χ1) is 8.70. The average Bonchev–Trinajstić information content (AvgIpc) is 3.03. The van der Waals surface area contributed by atoms with E-state index in [0.717, 1.165) is 38.8 Å². The van der Waals surface area contributed by atoms with Gasteiger partial charge in [0.05, 0.1) is 5.41 Å². The number of hydrogen-bond acceptors (Lipinski definition) is 2. The molecule has 1 aromatic carbocycles. The number of nitrogens with two attached hydrogens (primary N) is 1. The summed E-state index contributed by atoms with van der Waals surface area (Å²) in [5.74, 6) is 0.333. The molecule has 1 aliphatic heterocycles. The Morgan fingerprint density at radius 1 is 1.32 bits per heavy atom. The van der Waals surface area contributed by atoms with Crippen LogP contribution in [0.1, 0.15) is 24.8 Å². The molecular weight excluding hydrogens is 260 g/mol. The van der Waals surface area contributed by atoms with Gasteiger partial charge in [0, 0.05) is 19.1 Å². The lowest BCUT2D eigenvalue weighted by Crippen LogP contribution is -2.38. The molecule has 2 fully saturated rings. The van der Waals surface area contributed by atoms with Crippen LogP contribution in [0.4, 0.5) is 0 Å². The van der Waals surface area contributed by atoms with Crippen LogP contribution in [0.15, 0.2) is 30.3 Å². The quantitative estimate of drug-likeness (QED) is 0.920. The van der Waals surface area contributed by atoms with Crippen LogP contribution < -0.4 is 5.73 Å². The second kappa shape index (κ2) is 5.51. The number of carbonyl (C=O) groups excluding carboxylic acids is 1. The lowest BCUT2D eigenvalue weighted by molar-refractivity contribution is -0.135. The van der Waals surface area contributed by atoms with Crippen LogP contribution in [0.5, 0.6) is 0 Å². The molecule has 0 spiro atoms. The summed E-state index contributed by atoms with van der Waals surface area (Å²) >= 11 is 0. The maximum Gasteiger partial charge on any atom is 0.229 e. The van der Waals surface area contributed by atoms with Crippen molar-refractivity contribution in [2.75, 3.05) is 13.1 Å². The first kappa shape index (κ1) is 14.4. The van der Waals surface area contributed by atoms with Gasteiger partial charge in [-0.2, -0.15) is 0 Å². The average molecular weight is 281 g/mol. The van der Waals surface area contributed by atoms with Gasteiger partial charge in [0.15, 0.2) is 0 Å². The maximum atomic E-state index is 12.5. The minimum atomic E-state index is -0.106. The van der Waals surface area contributed by atoms with E-state index in [2.05, 4.69) is 12.1 Å². The summed E-state index contributed by atoms with van der Waals surface area (Å²) in [5, 5.41) is 0. The van der Waals surface area contributed by atoms with Crippen LogP contribution in [-0.4, -0.2) is 29.9 Å². The normalized spacial score (nSPS) is 23.8. The first-order valence-corrected chi connectivity index (χ1v) is 6.78. The van der Waals surface area contributed by atoms with Crippen LogP contribution in [0.25, 0.3) is 0 Å². The van der Waals surface area contributed by atoms with Gasteiger partial charge in [0.1, 0.15) is 0 Å². The number of benzene rings is 1. The van der Waals surface area contributed by atoms with Gasteiger partial charge in [-0.1, -0.05) is 30.3 Å². The Kier molecular flexibility index (Phi) is 4.16. The fourth-order valence-electron chi connectivity index (χ4n) is 2.91. The Morgan fingerprint density at radius 2 is 2.00 bits per heavy atom.